The molecule has 1 atom stereocenters. The van der Waals surface area contributed by atoms with Gasteiger partial charge in [-0.15, -0.1) is 11.3 Å². The largest absolute Gasteiger partial charge is 0.491 e. The zero-order valence-electron chi connectivity index (χ0n) is 22.9. The Bertz CT molecular complexity index is 1080. The molecule has 3 N–H and O–H groups in total. The molecule has 0 aliphatic heterocycles. The van der Waals surface area contributed by atoms with Crippen LogP contribution in [0.3, 0.4) is 0 Å². The lowest BCUT2D eigenvalue weighted by Crippen LogP contribution is -2.32. The molecule has 204 valence electrons. The van der Waals surface area contributed by atoms with Gasteiger partial charge in [-0.2, -0.15) is 0 Å². The highest BCUT2D eigenvalue weighted by Gasteiger charge is 2.34. The molecule has 0 saturated carbocycles. The number of ether oxygens (including phenoxy) is 2. The number of methoxy groups -OCH3 is 1. The summed E-state index contributed by atoms with van der Waals surface area (Å²) >= 11 is 1.25. The minimum Gasteiger partial charge on any atom is -0.491 e. The molecule has 2 rings (SSSR count). The van der Waals surface area contributed by atoms with Gasteiger partial charge < -0.3 is 14.6 Å². The predicted molar refractivity (Wildman–Crippen MR) is 146 cm³/mol. The third kappa shape index (κ3) is 8.57. The van der Waals surface area contributed by atoms with E-state index in [9.17, 15) is 18.3 Å². The molecule has 0 amide bonds. The number of thiophene rings is 1. The van der Waals surface area contributed by atoms with Crippen LogP contribution in [0.1, 0.15) is 83.7 Å². The van der Waals surface area contributed by atoms with Crippen LogP contribution in [0.5, 0.6) is 5.75 Å². The number of nitrogens with two attached hydrogens (primary N) is 1. The first kappa shape index (κ1) is 32.1. The zero-order chi connectivity index (χ0) is 27.7. The van der Waals surface area contributed by atoms with Gasteiger partial charge in [0.25, 0.3) is 0 Å². The van der Waals surface area contributed by atoms with Crippen molar-refractivity contribution in [3.8, 4) is 5.75 Å². The summed E-state index contributed by atoms with van der Waals surface area (Å²) < 4.78 is 34.0. The second kappa shape index (κ2) is 13.6. The van der Waals surface area contributed by atoms with Crippen molar-refractivity contribution in [2.24, 2.45) is 10.6 Å². The van der Waals surface area contributed by atoms with Gasteiger partial charge in [-0.05, 0) is 54.0 Å². The van der Waals surface area contributed by atoms with Crippen LogP contribution >= 0.6 is 11.3 Å². The Kier molecular flexibility index (Phi) is 12.1. The molecular weight excluding hydrogens is 498 g/mol. The van der Waals surface area contributed by atoms with Crippen LogP contribution < -0.4 is 9.88 Å². The Hall–Kier alpha value is -1.94. The maximum atomic E-state index is 11.8. The van der Waals surface area contributed by atoms with Crippen LogP contribution in [0.15, 0.2) is 34.5 Å². The molecule has 1 aromatic carbocycles. The fraction of sp³-hybridized carbons (Fsp3) is 0.593. The van der Waals surface area contributed by atoms with Gasteiger partial charge >= 0.3 is 5.97 Å². The summed E-state index contributed by atoms with van der Waals surface area (Å²) in [7, 11) is -2.37. The number of hydrogen-bond acceptors (Lipinski definition) is 7. The molecule has 0 aliphatic carbocycles. The standard InChI is InChI=1S/C24H37NO4S2.C3H6O2/c1-7-10-17-15-18(11-12-19(17)29-16-20(26)23(4,5)6)24(8-2,9-3)21-13-14-22(30-21)31(25,27)28;1-3(4)5-2/h11-15,20,26H,7-10,16H2,1-6H3,(H2,25,27,28);1-2H3. The van der Waals surface area contributed by atoms with E-state index in [-0.39, 0.29) is 27.6 Å². The van der Waals surface area contributed by atoms with Crippen LogP contribution in [-0.2, 0) is 31.4 Å². The number of hydrogen-bond donors (Lipinski definition) is 2. The second-order valence-electron chi connectivity index (χ2n) is 9.91. The first-order valence-corrected chi connectivity index (χ1v) is 14.6. The van der Waals surface area contributed by atoms with Gasteiger partial charge in [0.05, 0.1) is 13.2 Å². The van der Waals surface area contributed by atoms with Crippen molar-refractivity contribution in [3.05, 3.63) is 46.3 Å². The third-order valence-corrected chi connectivity index (χ3v) is 9.08. The minimum absolute atomic E-state index is 0.193. The molecule has 1 unspecified atom stereocenters. The first-order chi connectivity index (χ1) is 16.7. The SMILES string of the molecule is CCCc1cc(C(CC)(CC)c2ccc(S(N)(=O)=O)s2)ccc1OCC(O)C(C)(C)C.COC(C)=O. The van der Waals surface area contributed by atoms with Crippen molar-refractivity contribution in [1.82, 2.24) is 0 Å². The summed E-state index contributed by atoms with van der Waals surface area (Å²) in [5.74, 6) is 0.552. The minimum atomic E-state index is -3.72. The van der Waals surface area contributed by atoms with Gasteiger partial charge in [0.1, 0.15) is 16.6 Å². The number of aryl methyl sites for hydroxylation is 1. The molecule has 0 spiro atoms. The molecule has 9 heteroatoms. The third-order valence-electron chi connectivity index (χ3n) is 6.36. The van der Waals surface area contributed by atoms with Gasteiger partial charge in [-0.3, -0.25) is 4.79 Å². The van der Waals surface area contributed by atoms with Crippen LogP contribution in [0.25, 0.3) is 0 Å². The maximum absolute atomic E-state index is 11.8. The topological polar surface area (TPSA) is 116 Å². The van der Waals surface area contributed by atoms with Crippen molar-refractivity contribution < 1.29 is 27.8 Å². The molecule has 1 heterocycles. The molecule has 7 nitrogen and oxygen atoms in total. The summed E-state index contributed by atoms with van der Waals surface area (Å²) in [6.45, 7) is 14.0. The van der Waals surface area contributed by atoms with Crippen molar-refractivity contribution in [1.29, 1.82) is 0 Å². The number of carbonyl (C=O) groups is 1. The van der Waals surface area contributed by atoms with Gasteiger partial charge in [-0.25, -0.2) is 13.6 Å². The van der Waals surface area contributed by atoms with Crippen LogP contribution in [0.2, 0.25) is 0 Å². The average Bonchev–Trinajstić information content (AvgIpc) is 3.31. The number of primary sulfonamides is 1. The van der Waals surface area contributed by atoms with E-state index in [1.165, 1.54) is 25.4 Å². The van der Waals surface area contributed by atoms with E-state index in [2.05, 4.69) is 37.6 Å². The highest BCUT2D eigenvalue weighted by Crippen LogP contribution is 2.44. The van der Waals surface area contributed by atoms with E-state index in [0.29, 0.717) is 0 Å². The van der Waals surface area contributed by atoms with Gasteiger partial charge in [0.15, 0.2) is 0 Å². The number of carbonyl (C=O) groups excluding carboxylic acids is 1. The van der Waals surface area contributed by atoms with E-state index >= 15 is 0 Å². The van der Waals surface area contributed by atoms with Crippen molar-refractivity contribution >= 4 is 27.3 Å². The van der Waals surface area contributed by atoms with E-state index in [1.807, 2.05) is 32.9 Å². The van der Waals surface area contributed by atoms with Crippen molar-refractivity contribution in [3.63, 3.8) is 0 Å². The molecule has 0 saturated heterocycles. The Morgan fingerprint density at radius 3 is 2.11 bits per heavy atom. The average molecular weight is 542 g/mol. The summed E-state index contributed by atoms with van der Waals surface area (Å²) in [5.41, 5.74) is 1.72. The highest BCUT2D eigenvalue weighted by atomic mass is 32.2. The quantitative estimate of drug-likeness (QED) is 0.388. The monoisotopic (exact) mass is 541 g/mol. The van der Waals surface area contributed by atoms with E-state index in [0.717, 1.165) is 47.4 Å². The molecule has 1 aromatic heterocycles. The van der Waals surface area contributed by atoms with Crippen LogP contribution in [0.4, 0.5) is 0 Å². The number of aliphatic hydroxyl groups excluding tert-OH is 1. The molecular formula is C27H43NO6S2. The van der Waals surface area contributed by atoms with Crippen LogP contribution in [0, 0.1) is 5.41 Å². The Morgan fingerprint density at radius 1 is 1.11 bits per heavy atom. The predicted octanol–water partition coefficient (Wildman–Crippen LogP) is 5.42. The van der Waals surface area contributed by atoms with E-state index < -0.39 is 16.1 Å². The number of esters is 1. The smallest absolute Gasteiger partial charge is 0.302 e. The maximum Gasteiger partial charge on any atom is 0.302 e. The Balaban J connectivity index is 0.00000118. The second-order valence-corrected chi connectivity index (χ2v) is 12.8. The summed E-state index contributed by atoms with van der Waals surface area (Å²) in [5, 5.41) is 15.7. The number of rotatable bonds is 10. The van der Waals surface area contributed by atoms with Crippen molar-refractivity contribution in [2.45, 2.75) is 89.9 Å². The van der Waals surface area contributed by atoms with E-state index in [1.54, 1.807) is 6.07 Å². The van der Waals surface area contributed by atoms with Gasteiger partial charge in [0.2, 0.25) is 10.0 Å². The van der Waals surface area contributed by atoms with Gasteiger partial charge in [0, 0.05) is 17.2 Å². The first-order valence-electron chi connectivity index (χ1n) is 12.3. The molecule has 0 aliphatic rings. The zero-order valence-corrected chi connectivity index (χ0v) is 24.5. The Morgan fingerprint density at radius 2 is 1.69 bits per heavy atom. The summed E-state index contributed by atoms with van der Waals surface area (Å²) in [6, 6.07) is 9.74. The molecule has 0 radical (unpaired) electrons. The number of sulfonamides is 1. The lowest BCUT2D eigenvalue weighted by molar-refractivity contribution is -0.137. The summed E-state index contributed by atoms with van der Waals surface area (Å²) in [4.78, 5) is 10.6. The highest BCUT2D eigenvalue weighted by molar-refractivity contribution is 7.91. The lowest BCUT2D eigenvalue weighted by Gasteiger charge is -2.32. The van der Waals surface area contributed by atoms with E-state index in [4.69, 9.17) is 9.88 Å². The fourth-order valence-corrected chi connectivity index (χ4v) is 5.86. The molecule has 2 aromatic rings. The lowest BCUT2D eigenvalue weighted by atomic mass is 9.74. The van der Waals surface area contributed by atoms with Crippen LogP contribution in [-0.4, -0.2) is 39.3 Å². The fourth-order valence-electron chi connectivity index (χ4n) is 3.78. The number of aliphatic hydroxyl groups is 1. The van der Waals surface area contributed by atoms with Crippen molar-refractivity contribution in [2.75, 3.05) is 13.7 Å². The molecule has 0 bridgehead atoms. The Labute approximate surface area is 221 Å². The summed E-state index contributed by atoms with van der Waals surface area (Å²) in [6.07, 6.45) is 2.95. The normalized spacial score (nSPS) is 12.9. The number of benzene rings is 1. The molecule has 0 fully saturated rings. The van der Waals surface area contributed by atoms with Gasteiger partial charge in [-0.1, -0.05) is 60.1 Å². The molecule has 36 heavy (non-hydrogen) atoms.